The Morgan fingerprint density at radius 1 is 0.840 bits per heavy atom. The van der Waals surface area contributed by atoms with Gasteiger partial charge in [0.2, 0.25) is 0 Å². The van der Waals surface area contributed by atoms with Crippen LogP contribution in [0.2, 0.25) is 0 Å². The molecule has 0 bridgehead atoms. The van der Waals surface area contributed by atoms with Crippen molar-refractivity contribution in [2.45, 2.75) is 18.1 Å². The van der Waals surface area contributed by atoms with Crippen molar-refractivity contribution in [1.29, 1.82) is 0 Å². The van der Waals surface area contributed by atoms with Crippen LogP contribution >= 0.6 is 0 Å². The molecule has 2 heteroatoms. The summed E-state index contributed by atoms with van der Waals surface area (Å²) < 4.78 is 0. The van der Waals surface area contributed by atoms with E-state index in [0.29, 0.717) is 0 Å². The van der Waals surface area contributed by atoms with E-state index in [4.69, 9.17) is 4.84 Å². The van der Waals surface area contributed by atoms with Gasteiger partial charge in [-0.25, -0.2) is 5.06 Å². The predicted molar refractivity (Wildman–Crippen MR) is 102 cm³/mol. The first-order valence-corrected chi connectivity index (χ1v) is 8.60. The van der Waals surface area contributed by atoms with Crippen molar-refractivity contribution >= 4 is 5.69 Å². The molecular weight excluding hydrogens is 306 g/mol. The minimum absolute atomic E-state index is 0.127. The van der Waals surface area contributed by atoms with Crippen molar-refractivity contribution in [2.24, 2.45) is 0 Å². The highest BCUT2D eigenvalue weighted by molar-refractivity contribution is 5.49. The average Bonchev–Trinajstić information content (AvgIpc) is 3.11. The topological polar surface area (TPSA) is 12.5 Å². The lowest BCUT2D eigenvalue weighted by Crippen LogP contribution is -2.26. The van der Waals surface area contributed by atoms with E-state index in [2.05, 4.69) is 55.1 Å². The molecule has 1 fully saturated rings. The maximum Gasteiger partial charge on any atom is 0.141 e. The van der Waals surface area contributed by atoms with Crippen molar-refractivity contribution in [1.82, 2.24) is 0 Å². The third-order valence-electron chi connectivity index (χ3n) is 4.83. The van der Waals surface area contributed by atoms with Gasteiger partial charge in [-0.3, -0.25) is 4.84 Å². The van der Waals surface area contributed by atoms with Gasteiger partial charge in [0.15, 0.2) is 0 Å². The van der Waals surface area contributed by atoms with Gasteiger partial charge in [-0.2, -0.15) is 0 Å². The Hall–Kier alpha value is -2.84. The molecule has 3 aromatic carbocycles. The predicted octanol–water partition coefficient (Wildman–Crippen LogP) is 5.65. The molecule has 2 atom stereocenters. The van der Waals surface area contributed by atoms with Gasteiger partial charge in [0.25, 0.3) is 0 Å². The Labute approximate surface area is 149 Å². The van der Waals surface area contributed by atoms with Crippen LogP contribution in [-0.4, -0.2) is 0 Å². The van der Waals surface area contributed by atoms with E-state index in [1.54, 1.807) is 0 Å². The molecule has 2 nitrogen and oxygen atoms in total. The van der Waals surface area contributed by atoms with Gasteiger partial charge in [0.05, 0.1) is 11.7 Å². The second-order valence-corrected chi connectivity index (χ2v) is 6.34. The SMILES string of the molecule is C=C[C@]1(c2ccccc2)C[C@@H](c2ccccc2)N(c2ccccc2)O1. The minimum Gasteiger partial charge on any atom is -0.257 e. The summed E-state index contributed by atoms with van der Waals surface area (Å²) in [6, 6.07) is 31.3. The molecule has 0 saturated carbocycles. The van der Waals surface area contributed by atoms with Crippen LogP contribution in [0, 0.1) is 0 Å². The second kappa shape index (κ2) is 6.58. The Morgan fingerprint density at radius 2 is 1.40 bits per heavy atom. The van der Waals surface area contributed by atoms with Gasteiger partial charge in [-0.1, -0.05) is 91.5 Å². The first-order chi connectivity index (χ1) is 12.3. The highest BCUT2D eigenvalue weighted by Crippen LogP contribution is 2.48. The fourth-order valence-corrected chi connectivity index (χ4v) is 3.51. The van der Waals surface area contributed by atoms with Crippen molar-refractivity contribution < 1.29 is 4.84 Å². The number of para-hydroxylation sites is 1. The molecule has 4 rings (SSSR count). The van der Waals surface area contributed by atoms with E-state index in [1.165, 1.54) is 5.56 Å². The zero-order valence-electron chi connectivity index (χ0n) is 14.1. The average molecular weight is 327 g/mol. The fraction of sp³-hybridized carbons (Fsp3) is 0.130. The zero-order chi connectivity index (χ0) is 17.1. The smallest absolute Gasteiger partial charge is 0.141 e. The van der Waals surface area contributed by atoms with Gasteiger partial charge >= 0.3 is 0 Å². The molecule has 25 heavy (non-hydrogen) atoms. The maximum absolute atomic E-state index is 6.55. The number of nitrogens with zero attached hydrogens (tertiary/aromatic N) is 1. The molecule has 0 aromatic heterocycles. The van der Waals surface area contributed by atoms with Gasteiger partial charge in [-0.15, -0.1) is 0 Å². The van der Waals surface area contributed by atoms with Gasteiger partial charge < -0.3 is 0 Å². The van der Waals surface area contributed by atoms with E-state index in [-0.39, 0.29) is 6.04 Å². The number of hydrogen-bond donors (Lipinski definition) is 0. The van der Waals surface area contributed by atoms with E-state index in [9.17, 15) is 0 Å². The van der Waals surface area contributed by atoms with E-state index in [1.807, 2.05) is 53.6 Å². The largest absolute Gasteiger partial charge is 0.257 e. The summed E-state index contributed by atoms with van der Waals surface area (Å²) in [4.78, 5) is 6.55. The van der Waals surface area contributed by atoms with Gasteiger partial charge in [0, 0.05) is 6.42 Å². The van der Waals surface area contributed by atoms with E-state index >= 15 is 0 Å². The molecule has 0 spiro atoms. The number of rotatable bonds is 4. The summed E-state index contributed by atoms with van der Waals surface area (Å²) in [5.41, 5.74) is 2.89. The molecule has 1 aliphatic heterocycles. The summed E-state index contributed by atoms with van der Waals surface area (Å²) >= 11 is 0. The normalized spacial score (nSPS) is 22.7. The number of hydrogen-bond acceptors (Lipinski definition) is 2. The van der Waals surface area contributed by atoms with Crippen LogP contribution in [0.5, 0.6) is 0 Å². The highest BCUT2D eigenvalue weighted by atomic mass is 16.7. The second-order valence-electron chi connectivity index (χ2n) is 6.34. The maximum atomic E-state index is 6.55. The van der Waals surface area contributed by atoms with Crippen LogP contribution in [0.1, 0.15) is 23.6 Å². The number of hydroxylamine groups is 1. The molecule has 0 amide bonds. The Morgan fingerprint density at radius 3 is 2.00 bits per heavy atom. The number of anilines is 1. The molecule has 1 aliphatic rings. The van der Waals surface area contributed by atoms with Crippen molar-refractivity contribution in [2.75, 3.05) is 5.06 Å². The zero-order valence-corrected chi connectivity index (χ0v) is 14.1. The van der Waals surface area contributed by atoms with Crippen LogP contribution in [0.25, 0.3) is 0 Å². The fourth-order valence-electron chi connectivity index (χ4n) is 3.51. The van der Waals surface area contributed by atoms with Gasteiger partial charge in [0.1, 0.15) is 5.60 Å². The summed E-state index contributed by atoms with van der Waals surface area (Å²) in [5.74, 6) is 0. The lowest BCUT2D eigenvalue weighted by Gasteiger charge is -2.28. The lowest BCUT2D eigenvalue weighted by atomic mass is 9.86. The quantitative estimate of drug-likeness (QED) is 0.574. The van der Waals surface area contributed by atoms with Crippen molar-refractivity contribution in [3.63, 3.8) is 0 Å². The monoisotopic (exact) mass is 327 g/mol. The molecule has 1 saturated heterocycles. The highest BCUT2D eigenvalue weighted by Gasteiger charge is 2.45. The first kappa shape index (κ1) is 15.7. The van der Waals surface area contributed by atoms with Crippen molar-refractivity contribution in [3.8, 4) is 0 Å². The molecule has 0 radical (unpaired) electrons. The Kier molecular flexibility index (Phi) is 4.12. The third-order valence-corrected chi connectivity index (χ3v) is 4.83. The lowest BCUT2D eigenvalue weighted by molar-refractivity contribution is 0.0214. The van der Waals surface area contributed by atoms with E-state index in [0.717, 1.165) is 17.7 Å². The minimum atomic E-state index is -0.530. The molecule has 1 heterocycles. The standard InChI is InChI=1S/C23H21NO/c1-2-23(20-14-8-4-9-15-20)18-22(19-12-6-3-7-13-19)24(25-23)21-16-10-5-11-17-21/h2-17,22H,1,18H2/t22-,23+/m0/s1. The summed E-state index contributed by atoms with van der Waals surface area (Å²) in [6.45, 7) is 4.10. The number of benzene rings is 3. The summed E-state index contributed by atoms with van der Waals surface area (Å²) in [7, 11) is 0. The Balaban J connectivity index is 1.80. The van der Waals surface area contributed by atoms with Gasteiger partial charge in [-0.05, 0) is 23.3 Å². The summed E-state index contributed by atoms with van der Waals surface area (Å²) in [6.07, 6.45) is 2.75. The summed E-state index contributed by atoms with van der Waals surface area (Å²) in [5, 5.41) is 2.03. The molecule has 124 valence electrons. The molecule has 3 aromatic rings. The van der Waals surface area contributed by atoms with Crippen LogP contribution in [0.3, 0.4) is 0 Å². The molecule has 0 N–H and O–H groups in total. The van der Waals surface area contributed by atoms with Crippen LogP contribution in [0.4, 0.5) is 5.69 Å². The van der Waals surface area contributed by atoms with E-state index < -0.39 is 5.60 Å². The molecule has 0 aliphatic carbocycles. The Bertz CT molecular complexity index is 782. The first-order valence-electron chi connectivity index (χ1n) is 8.60. The van der Waals surface area contributed by atoms with Crippen LogP contribution in [0.15, 0.2) is 104 Å². The van der Waals surface area contributed by atoms with Crippen LogP contribution < -0.4 is 5.06 Å². The van der Waals surface area contributed by atoms with Crippen molar-refractivity contribution in [3.05, 3.63) is 115 Å². The molecular formula is C23H21NO. The molecule has 0 unspecified atom stereocenters. The third kappa shape index (κ3) is 2.86. The van der Waals surface area contributed by atoms with Crippen LogP contribution in [-0.2, 0) is 10.4 Å².